The van der Waals surface area contributed by atoms with Crippen LogP contribution in [0.5, 0.6) is 0 Å². The van der Waals surface area contributed by atoms with Crippen LogP contribution < -0.4 is 10.6 Å². The number of rotatable bonds is 4. The summed E-state index contributed by atoms with van der Waals surface area (Å²) in [5, 5.41) is 4.78. The number of nitrogens with one attached hydrogen (secondary N) is 2. The van der Waals surface area contributed by atoms with E-state index >= 15 is 0 Å². The number of amides is 2. The van der Waals surface area contributed by atoms with Crippen molar-refractivity contribution in [3.63, 3.8) is 0 Å². The van der Waals surface area contributed by atoms with E-state index in [4.69, 9.17) is 0 Å². The molecular formula is C16H12F2N4O2. The topological polar surface area (TPSA) is 75.5 Å². The number of fused-ring (bicyclic) bond motifs is 1. The highest BCUT2D eigenvalue weighted by Crippen LogP contribution is 2.12. The number of imidazole rings is 1. The summed E-state index contributed by atoms with van der Waals surface area (Å²) in [5.41, 5.74) is 0.841. The van der Waals surface area contributed by atoms with E-state index in [-0.39, 0.29) is 18.1 Å². The van der Waals surface area contributed by atoms with Crippen molar-refractivity contribution >= 4 is 23.0 Å². The van der Waals surface area contributed by atoms with Crippen molar-refractivity contribution < 1.29 is 18.4 Å². The van der Waals surface area contributed by atoms with Crippen LogP contribution in [0.25, 0.3) is 5.52 Å². The van der Waals surface area contributed by atoms with Crippen LogP contribution in [0.1, 0.15) is 10.6 Å². The van der Waals surface area contributed by atoms with Crippen LogP contribution in [0.4, 0.5) is 14.5 Å². The summed E-state index contributed by atoms with van der Waals surface area (Å²) in [4.78, 5) is 27.9. The average Bonchev–Trinajstić information content (AvgIpc) is 3.00. The Labute approximate surface area is 135 Å². The van der Waals surface area contributed by atoms with E-state index in [1.807, 2.05) is 6.07 Å². The van der Waals surface area contributed by atoms with Crippen molar-refractivity contribution in [2.45, 2.75) is 0 Å². The minimum absolute atomic E-state index is 0.0967. The van der Waals surface area contributed by atoms with Gasteiger partial charge in [0.15, 0.2) is 11.6 Å². The van der Waals surface area contributed by atoms with E-state index in [2.05, 4.69) is 15.6 Å². The van der Waals surface area contributed by atoms with E-state index in [0.717, 1.165) is 17.6 Å². The Hall–Kier alpha value is -3.29. The maximum absolute atomic E-state index is 13.1. The molecule has 0 saturated heterocycles. The number of anilines is 1. The van der Waals surface area contributed by atoms with E-state index in [1.165, 1.54) is 12.3 Å². The molecule has 0 aliphatic carbocycles. The van der Waals surface area contributed by atoms with Gasteiger partial charge in [-0.05, 0) is 24.3 Å². The first-order chi connectivity index (χ1) is 11.5. The van der Waals surface area contributed by atoms with Gasteiger partial charge in [-0.1, -0.05) is 6.07 Å². The molecule has 2 amide bonds. The lowest BCUT2D eigenvalue weighted by molar-refractivity contribution is -0.115. The predicted molar refractivity (Wildman–Crippen MR) is 82.5 cm³/mol. The van der Waals surface area contributed by atoms with Crippen molar-refractivity contribution in [1.82, 2.24) is 14.7 Å². The van der Waals surface area contributed by atoms with Crippen LogP contribution in [0.2, 0.25) is 0 Å². The number of carbonyl (C=O) groups excluding carboxylic acids is 2. The first-order valence-electron chi connectivity index (χ1n) is 7.00. The molecule has 2 heterocycles. The maximum Gasteiger partial charge on any atom is 0.288 e. The van der Waals surface area contributed by atoms with Crippen molar-refractivity contribution in [2.75, 3.05) is 11.9 Å². The first-order valence-corrected chi connectivity index (χ1v) is 7.00. The summed E-state index contributed by atoms with van der Waals surface area (Å²) in [6.07, 6.45) is 3.22. The van der Waals surface area contributed by atoms with Crippen molar-refractivity contribution in [2.24, 2.45) is 0 Å². The molecule has 0 bridgehead atoms. The normalized spacial score (nSPS) is 10.6. The van der Waals surface area contributed by atoms with Crippen molar-refractivity contribution in [3.8, 4) is 0 Å². The highest BCUT2D eigenvalue weighted by molar-refractivity contribution is 5.98. The second-order valence-electron chi connectivity index (χ2n) is 4.94. The Kier molecular flexibility index (Phi) is 4.19. The highest BCUT2D eigenvalue weighted by Gasteiger charge is 2.14. The minimum Gasteiger partial charge on any atom is -0.340 e. The summed E-state index contributed by atoms with van der Waals surface area (Å²) in [6, 6.07) is 8.34. The van der Waals surface area contributed by atoms with Crippen molar-refractivity contribution in [3.05, 3.63) is 66.3 Å². The molecule has 0 aliphatic heterocycles. The molecule has 8 heteroatoms. The number of aromatic nitrogens is 2. The van der Waals surface area contributed by atoms with Gasteiger partial charge >= 0.3 is 0 Å². The molecule has 0 fully saturated rings. The van der Waals surface area contributed by atoms with E-state index in [9.17, 15) is 18.4 Å². The summed E-state index contributed by atoms with van der Waals surface area (Å²) in [5.74, 6) is -3.03. The molecule has 3 rings (SSSR count). The van der Waals surface area contributed by atoms with E-state index < -0.39 is 23.4 Å². The highest BCUT2D eigenvalue weighted by atomic mass is 19.2. The first kappa shape index (κ1) is 15.6. The second kappa shape index (κ2) is 6.45. The lowest BCUT2D eigenvalue weighted by Gasteiger charge is -2.07. The van der Waals surface area contributed by atoms with Gasteiger partial charge in [-0.25, -0.2) is 13.8 Å². The summed E-state index contributed by atoms with van der Waals surface area (Å²) < 4.78 is 27.5. The van der Waals surface area contributed by atoms with Gasteiger partial charge in [0.05, 0.1) is 18.3 Å². The van der Waals surface area contributed by atoms with E-state index in [1.54, 1.807) is 22.7 Å². The molecule has 122 valence electrons. The largest absolute Gasteiger partial charge is 0.340 e. The zero-order valence-corrected chi connectivity index (χ0v) is 12.3. The molecule has 0 aliphatic rings. The monoisotopic (exact) mass is 330 g/mol. The van der Waals surface area contributed by atoms with Gasteiger partial charge in [0.2, 0.25) is 11.7 Å². The Morgan fingerprint density at radius 3 is 2.75 bits per heavy atom. The molecule has 0 unspecified atom stereocenters. The fourth-order valence-electron chi connectivity index (χ4n) is 2.13. The van der Waals surface area contributed by atoms with Gasteiger partial charge in [0, 0.05) is 18.0 Å². The number of pyridine rings is 1. The van der Waals surface area contributed by atoms with Crippen LogP contribution in [0.3, 0.4) is 0 Å². The number of carbonyl (C=O) groups is 2. The van der Waals surface area contributed by atoms with Gasteiger partial charge in [0.1, 0.15) is 0 Å². The third-order valence-electron chi connectivity index (χ3n) is 3.25. The molecule has 0 atom stereocenters. The molecule has 2 aromatic heterocycles. The smallest absolute Gasteiger partial charge is 0.288 e. The molecule has 2 N–H and O–H groups in total. The Balaban J connectivity index is 1.61. The number of nitrogens with zero attached hydrogens (tertiary/aromatic N) is 2. The van der Waals surface area contributed by atoms with Gasteiger partial charge in [-0.2, -0.15) is 0 Å². The molecule has 0 spiro atoms. The predicted octanol–water partition coefficient (Wildman–Crippen LogP) is 1.98. The van der Waals surface area contributed by atoms with Gasteiger partial charge in [0.25, 0.3) is 5.91 Å². The second-order valence-corrected chi connectivity index (χ2v) is 4.94. The van der Waals surface area contributed by atoms with Gasteiger partial charge in [-0.15, -0.1) is 0 Å². The molecular weight excluding hydrogens is 318 g/mol. The third-order valence-corrected chi connectivity index (χ3v) is 3.25. The quantitative estimate of drug-likeness (QED) is 0.768. The van der Waals surface area contributed by atoms with Gasteiger partial charge < -0.3 is 10.6 Å². The SMILES string of the molecule is O=C(CNC(=O)c1ncc2ccccn12)Nc1ccc(F)c(F)c1. The Bertz CT molecular complexity index is 923. The Morgan fingerprint density at radius 1 is 1.12 bits per heavy atom. The fraction of sp³-hybridized carbons (Fsp3) is 0.0625. The molecule has 6 nitrogen and oxygen atoms in total. The molecule has 0 saturated carbocycles. The van der Waals surface area contributed by atoms with Crippen LogP contribution in [-0.2, 0) is 4.79 Å². The average molecular weight is 330 g/mol. The van der Waals surface area contributed by atoms with Gasteiger partial charge in [-0.3, -0.25) is 14.0 Å². The molecule has 24 heavy (non-hydrogen) atoms. The molecule has 1 aromatic carbocycles. The lowest BCUT2D eigenvalue weighted by Crippen LogP contribution is -2.33. The zero-order valence-electron chi connectivity index (χ0n) is 12.3. The molecule has 0 radical (unpaired) electrons. The lowest BCUT2D eigenvalue weighted by atomic mass is 10.3. The van der Waals surface area contributed by atoms with Crippen LogP contribution in [0.15, 0.2) is 48.8 Å². The van der Waals surface area contributed by atoms with E-state index in [0.29, 0.717) is 0 Å². The summed E-state index contributed by atoms with van der Waals surface area (Å²) >= 11 is 0. The summed E-state index contributed by atoms with van der Waals surface area (Å²) in [7, 11) is 0. The number of hydrogen-bond donors (Lipinski definition) is 2. The zero-order chi connectivity index (χ0) is 17.1. The number of halogens is 2. The minimum atomic E-state index is -1.07. The van der Waals surface area contributed by atoms with Crippen LogP contribution in [-0.4, -0.2) is 27.7 Å². The Morgan fingerprint density at radius 2 is 1.96 bits per heavy atom. The standard InChI is InChI=1S/C16H12F2N4O2/c17-12-5-4-10(7-13(12)18)21-14(23)9-20-16(24)15-19-8-11-3-1-2-6-22(11)15/h1-8H,9H2,(H,20,24)(H,21,23). The number of hydrogen-bond acceptors (Lipinski definition) is 3. The van der Waals surface area contributed by atoms with Crippen LogP contribution in [0, 0.1) is 11.6 Å². The number of benzene rings is 1. The molecule has 3 aromatic rings. The van der Waals surface area contributed by atoms with Crippen LogP contribution >= 0.6 is 0 Å². The fourth-order valence-corrected chi connectivity index (χ4v) is 2.13. The van der Waals surface area contributed by atoms with Crippen molar-refractivity contribution in [1.29, 1.82) is 0 Å². The summed E-state index contributed by atoms with van der Waals surface area (Å²) in [6.45, 7) is -0.334. The maximum atomic E-state index is 13.1. The third kappa shape index (κ3) is 3.22.